The molecule has 4 heterocycles. The van der Waals surface area contributed by atoms with Crippen LogP contribution in [0.2, 0.25) is 0 Å². The van der Waals surface area contributed by atoms with E-state index in [1.54, 1.807) is 11.9 Å². The van der Waals surface area contributed by atoms with Crippen molar-refractivity contribution in [3.05, 3.63) is 36.0 Å². The third-order valence-corrected chi connectivity index (χ3v) is 6.87. The van der Waals surface area contributed by atoms with E-state index in [-0.39, 0.29) is 18.4 Å². The number of aromatic nitrogens is 2. The van der Waals surface area contributed by atoms with Gasteiger partial charge in [0.15, 0.2) is 0 Å². The number of carbonyl (C=O) groups excluding carboxylic acids is 2. The van der Waals surface area contributed by atoms with Gasteiger partial charge < -0.3 is 25.6 Å². The summed E-state index contributed by atoms with van der Waals surface area (Å²) < 4.78 is 0. The van der Waals surface area contributed by atoms with E-state index in [1.807, 2.05) is 24.3 Å². The van der Waals surface area contributed by atoms with Gasteiger partial charge in [-0.05, 0) is 18.9 Å². The van der Waals surface area contributed by atoms with E-state index >= 15 is 0 Å². The normalized spacial score (nSPS) is 24.5. The van der Waals surface area contributed by atoms with E-state index in [1.165, 1.54) is 6.20 Å². The number of aliphatic hydroxyl groups is 1. The molecule has 0 unspecified atom stereocenters. The summed E-state index contributed by atoms with van der Waals surface area (Å²) in [7, 11) is 1.80. The number of aromatic amines is 1. The van der Waals surface area contributed by atoms with Crippen LogP contribution in [0, 0.1) is 11.3 Å². The zero-order valence-corrected chi connectivity index (χ0v) is 16.9. The fourth-order valence-electron chi connectivity index (χ4n) is 5.41. The minimum Gasteiger partial charge on any atom is -0.396 e. The van der Waals surface area contributed by atoms with Gasteiger partial charge in [-0.1, -0.05) is 18.2 Å². The number of nitrogens with one attached hydrogen (secondary N) is 1. The summed E-state index contributed by atoms with van der Waals surface area (Å²) in [4.78, 5) is 36.9. The first kappa shape index (κ1) is 18.9. The van der Waals surface area contributed by atoms with Crippen molar-refractivity contribution >= 4 is 39.4 Å². The van der Waals surface area contributed by atoms with E-state index in [4.69, 9.17) is 5.73 Å². The molecular formula is C22H25N5O3. The number of aliphatic hydroxyl groups excluding tert-OH is 1. The second-order valence-electron chi connectivity index (χ2n) is 8.53. The number of hydrogen-bond acceptors (Lipinski definition) is 5. The molecule has 0 saturated carbocycles. The van der Waals surface area contributed by atoms with E-state index in [0.717, 1.165) is 41.5 Å². The summed E-state index contributed by atoms with van der Waals surface area (Å²) >= 11 is 0. The zero-order valence-electron chi connectivity index (χ0n) is 16.9. The fraction of sp³-hybridized carbons (Fsp3) is 0.409. The number of piperidine rings is 1. The van der Waals surface area contributed by atoms with Gasteiger partial charge in [-0.25, -0.2) is 4.98 Å². The van der Waals surface area contributed by atoms with E-state index in [0.29, 0.717) is 24.2 Å². The maximum Gasteiger partial charge on any atom is 0.252 e. The van der Waals surface area contributed by atoms with Crippen molar-refractivity contribution in [3.8, 4) is 0 Å². The molecule has 2 atom stereocenters. The maximum absolute atomic E-state index is 13.1. The van der Waals surface area contributed by atoms with Gasteiger partial charge in [0.25, 0.3) is 5.91 Å². The third kappa shape index (κ3) is 2.53. The Hall–Kier alpha value is -3.13. The van der Waals surface area contributed by atoms with Crippen LogP contribution in [-0.4, -0.2) is 65.1 Å². The number of pyridine rings is 1. The smallest absolute Gasteiger partial charge is 0.252 e. The molecule has 2 aromatic heterocycles. The number of nitrogens with two attached hydrogens (primary N) is 1. The first-order chi connectivity index (χ1) is 14.5. The molecule has 2 aliphatic heterocycles. The Morgan fingerprint density at radius 1 is 1.40 bits per heavy atom. The Morgan fingerprint density at radius 2 is 2.20 bits per heavy atom. The van der Waals surface area contributed by atoms with Crippen LogP contribution in [0.3, 0.4) is 0 Å². The highest BCUT2D eigenvalue weighted by Gasteiger charge is 2.54. The second kappa shape index (κ2) is 6.70. The lowest BCUT2D eigenvalue weighted by Gasteiger charge is -2.42. The molecule has 5 rings (SSSR count). The predicted molar refractivity (Wildman–Crippen MR) is 114 cm³/mol. The number of primary amides is 1. The first-order valence-electron chi connectivity index (χ1n) is 10.3. The largest absolute Gasteiger partial charge is 0.396 e. The number of likely N-dealkylation sites (tertiary alicyclic amines) is 1. The molecule has 0 aliphatic carbocycles. The Balaban J connectivity index is 1.67. The Labute approximate surface area is 173 Å². The monoisotopic (exact) mass is 407 g/mol. The summed E-state index contributed by atoms with van der Waals surface area (Å²) in [6, 6.07) is 7.84. The van der Waals surface area contributed by atoms with E-state index in [9.17, 15) is 14.7 Å². The molecule has 2 amide bonds. The molecule has 2 fully saturated rings. The summed E-state index contributed by atoms with van der Waals surface area (Å²) in [5, 5.41) is 11.8. The van der Waals surface area contributed by atoms with Gasteiger partial charge in [0.05, 0.1) is 21.9 Å². The molecule has 4 N–H and O–H groups in total. The molecule has 156 valence electrons. The fourth-order valence-corrected chi connectivity index (χ4v) is 5.41. The number of benzene rings is 1. The Morgan fingerprint density at radius 3 is 2.97 bits per heavy atom. The van der Waals surface area contributed by atoms with Crippen LogP contribution in [0.15, 0.2) is 30.5 Å². The van der Waals surface area contributed by atoms with Crippen LogP contribution >= 0.6 is 0 Å². The average molecular weight is 407 g/mol. The lowest BCUT2D eigenvalue weighted by atomic mass is 9.71. The van der Waals surface area contributed by atoms with Crippen molar-refractivity contribution in [3.63, 3.8) is 0 Å². The number of carbonyl (C=O) groups is 2. The molecule has 8 nitrogen and oxygen atoms in total. The van der Waals surface area contributed by atoms with E-state index < -0.39 is 11.3 Å². The first-order valence-corrected chi connectivity index (χ1v) is 10.3. The van der Waals surface area contributed by atoms with Crippen molar-refractivity contribution in [2.75, 3.05) is 38.2 Å². The van der Waals surface area contributed by atoms with Crippen LogP contribution in [-0.2, 0) is 4.79 Å². The molecule has 30 heavy (non-hydrogen) atoms. The number of para-hydroxylation sites is 1. The van der Waals surface area contributed by atoms with Crippen LogP contribution in [0.1, 0.15) is 23.2 Å². The molecule has 3 aromatic rings. The highest BCUT2D eigenvalue weighted by Crippen LogP contribution is 2.45. The summed E-state index contributed by atoms with van der Waals surface area (Å²) in [6.45, 7) is 1.81. The van der Waals surface area contributed by atoms with Crippen LogP contribution in [0.25, 0.3) is 21.8 Å². The standard InChI is InChI=1S/C22H25N5O3/c1-26-10-13(11-28)22(21(26)30)7-4-8-27(12-22)20-17-14-5-2-3-6-16(14)25-18(17)15(9-24-20)19(23)29/h2-3,5-6,9,13,25,28H,4,7-8,10-12H2,1H3,(H2,23,29)/t13-,22+/m0/s1. The predicted octanol–water partition coefficient (Wildman–Crippen LogP) is 1.48. The minimum absolute atomic E-state index is 0.0134. The highest BCUT2D eigenvalue weighted by molar-refractivity contribution is 6.18. The van der Waals surface area contributed by atoms with Crippen LogP contribution < -0.4 is 10.6 Å². The number of H-pyrrole nitrogens is 1. The summed E-state index contributed by atoms with van der Waals surface area (Å²) in [5.74, 6) is 0.204. The quantitative estimate of drug-likeness (QED) is 0.608. The van der Waals surface area contributed by atoms with Crippen LogP contribution in [0.4, 0.5) is 5.82 Å². The molecule has 2 saturated heterocycles. The maximum atomic E-state index is 13.1. The lowest BCUT2D eigenvalue weighted by Crippen LogP contribution is -2.51. The number of hydrogen-bond donors (Lipinski definition) is 3. The zero-order chi connectivity index (χ0) is 21.0. The molecule has 2 aliphatic rings. The SMILES string of the molecule is CN1C[C@@H](CO)[C@]2(CCCN(c3ncc(C(N)=O)c4[nH]c5ccccc5c34)C2)C1=O. The number of fused-ring (bicyclic) bond motifs is 3. The van der Waals surface area contributed by atoms with Crippen LogP contribution in [0.5, 0.6) is 0 Å². The highest BCUT2D eigenvalue weighted by atomic mass is 16.3. The van der Waals surface area contributed by atoms with Gasteiger partial charge in [-0.2, -0.15) is 0 Å². The molecule has 1 aromatic carbocycles. The molecular weight excluding hydrogens is 382 g/mol. The van der Waals surface area contributed by atoms with Gasteiger partial charge >= 0.3 is 0 Å². The number of amides is 2. The number of rotatable bonds is 3. The van der Waals surface area contributed by atoms with Gasteiger partial charge in [0.2, 0.25) is 5.91 Å². The van der Waals surface area contributed by atoms with Crippen molar-refractivity contribution in [2.45, 2.75) is 12.8 Å². The Kier molecular flexibility index (Phi) is 4.21. The second-order valence-corrected chi connectivity index (χ2v) is 8.53. The van der Waals surface area contributed by atoms with Gasteiger partial charge in [0.1, 0.15) is 5.82 Å². The van der Waals surface area contributed by atoms with Gasteiger partial charge in [-0.15, -0.1) is 0 Å². The number of anilines is 1. The summed E-state index contributed by atoms with van der Waals surface area (Å²) in [6.07, 6.45) is 3.11. The van der Waals surface area contributed by atoms with E-state index in [2.05, 4.69) is 14.9 Å². The molecule has 0 bridgehead atoms. The topological polar surface area (TPSA) is 116 Å². The number of nitrogens with zero attached hydrogens (tertiary/aromatic N) is 3. The van der Waals surface area contributed by atoms with Gasteiger partial charge in [-0.3, -0.25) is 9.59 Å². The van der Waals surface area contributed by atoms with Crippen molar-refractivity contribution in [1.82, 2.24) is 14.9 Å². The summed E-state index contributed by atoms with van der Waals surface area (Å²) in [5.41, 5.74) is 6.92. The van der Waals surface area contributed by atoms with Gasteiger partial charge in [0, 0.05) is 56.3 Å². The third-order valence-electron chi connectivity index (χ3n) is 6.87. The molecule has 8 heteroatoms. The molecule has 0 radical (unpaired) electrons. The van der Waals surface area contributed by atoms with Crippen molar-refractivity contribution < 1.29 is 14.7 Å². The molecule has 1 spiro atoms. The van der Waals surface area contributed by atoms with Crippen molar-refractivity contribution in [1.29, 1.82) is 0 Å². The lowest BCUT2D eigenvalue weighted by molar-refractivity contribution is -0.136. The van der Waals surface area contributed by atoms with Crippen molar-refractivity contribution in [2.24, 2.45) is 17.1 Å². The Bertz CT molecular complexity index is 1170. The minimum atomic E-state index is -0.607. The average Bonchev–Trinajstić information content (AvgIpc) is 3.24.